The molecule has 0 saturated heterocycles. The number of aryl methyl sites for hydroxylation is 1. The molecule has 1 saturated carbocycles. The summed E-state index contributed by atoms with van der Waals surface area (Å²) in [5, 5.41) is 0.603. The van der Waals surface area contributed by atoms with Crippen molar-refractivity contribution in [1.82, 2.24) is 19.9 Å². The zero-order chi connectivity index (χ0) is 19.7. The number of thiazole rings is 1. The third-order valence-electron chi connectivity index (χ3n) is 5.01. The summed E-state index contributed by atoms with van der Waals surface area (Å²) < 4.78 is 27.8. The van der Waals surface area contributed by atoms with Crippen molar-refractivity contribution in [3.8, 4) is 10.6 Å². The monoisotopic (exact) mass is 401 g/mol. The molecule has 0 aromatic carbocycles. The quantitative estimate of drug-likeness (QED) is 0.684. The Bertz CT molecular complexity index is 1000. The van der Waals surface area contributed by atoms with Gasteiger partial charge < -0.3 is 5.73 Å². The van der Waals surface area contributed by atoms with Crippen molar-refractivity contribution in [2.75, 3.05) is 0 Å². The van der Waals surface area contributed by atoms with Crippen LogP contribution in [0, 0.1) is 5.82 Å². The van der Waals surface area contributed by atoms with Crippen LogP contribution < -0.4 is 5.73 Å². The SMILES string of the molecule is NC(=O)c1cnc(-c2cnc(CC[C@]3(c4ncccc4F)C[C@H](F)C3)nc2)s1. The molecule has 0 atom stereocenters. The summed E-state index contributed by atoms with van der Waals surface area (Å²) in [4.78, 5) is 28.5. The Hall–Kier alpha value is -2.81. The van der Waals surface area contributed by atoms with Gasteiger partial charge in [-0.15, -0.1) is 11.3 Å². The fourth-order valence-electron chi connectivity index (χ4n) is 3.55. The molecule has 6 nitrogen and oxygen atoms in total. The minimum Gasteiger partial charge on any atom is -0.365 e. The van der Waals surface area contributed by atoms with E-state index in [0.717, 1.165) is 0 Å². The van der Waals surface area contributed by atoms with Gasteiger partial charge in [0, 0.05) is 36.0 Å². The van der Waals surface area contributed by atoms with Gasteiger partial charge in [-0.25, -0.2) is 23.7 Å². The maximum Gasteiger partial charge on any atom is 0.260 e. The maximum absolute atomic E-state index is 14.2. The summed E-state index contributed by atoms with van der Waals surface area (Å²) in [5.74, 6) is -0.354. The van der Waals surface area contributed by atoms with Crippen LogP contribution in [-0.2, 0) is 11.8 Å². The Kier molecular flexibility index (Phi) is 4.84. The first-order chi connectivity index (χ1) is 13.5. The topological polar surface area (TPSA) is 94.7 Å². The molecule has 4 rings (SSSR count). The number of primary amides is 1. The van der Waals surface area contributed by atoms with Crippen LogP contribution in [0.25, 0.3) is 10.6 Å². The number of carbonyl (C=O) groups excluding carboxylic acids is 1. The van der Waals surface area contributed by atoms with Gasteiger partial charge in [0.05, 0.1) is 11.9 Å². The lowest BCUT2D eigenvalue weighted by Crippen LogP contribution is -2.44. The third-order valence-corrected chi connectivity index (χ3v) is 6.07. The molecule has 3 aromatic rings. The van der Waals surface area contributed by atoms with Gasteiger partial charge in [0.25, 0.3) is 5.91 Å². The normalized spacial score (nSPS) is 21.3. The summed E-state index contributed by atoms with van der Waals surface area (Å²) >= 11 is 1.17. The van der Waals surface area contributed by atoms with E-state index in [2.05, 4.69) is 19.9 Å². The molecule has 0 unspecified atom stereocenters. The van der Waals surface area contributed by atoms with Crippen molar-refractivity contribution in [3.63, 3.8) is 0 Å². The standard InChI is InChI=1S/C19H17F2N5OS/c20-12-6-19(7-12,16-13(21)2-1-5-23-16)4-3-15-24-8-11(9-25-15)18-26-10-14(28-18)17(22)27/h1-2,5,8-10,12H,3-4,6-7H2,(H2,22,27)/t12-,19-. The van der Waals surface area contributed by atoms with E-state index in [-0.39, 0.29) is 12.8 Å². The van der Waals surface area contributed by atoms with Crippen LogP contribution in [0.15, 0.2) is 36.9 Å². The molecular formula is C19H17F2N5OS. The number of halogens is 2. The highest BCUT2D eigenvalue weighted by atomic mass is 32.1. The first kappa shape index (κ1) is 18.5. The van der Waals surface area contributed by atoms with Gasteiger partial charge in [-0.2, -0.15) is 0 Å². The van der Waals surface area contributed by atoms with Gasteiger partial charge in [0.1, 0.15) is 27.7 Å². The highest BCUT2D eigenvalue weighted by Gasteiger charge is 2.48. The van der Waals surface area contributed by atoms with Gasteiger partial charge >= 0.3 is 0 Å². The molecule has 1 fully saturated rings. The minimum absolute atomic E-state index is 0.258. The summed E-state index contributed by atoms with van der Waals surface area (Å²) in [6.07, 6.45) is 6.78. The lowest BCUT2D eigenvalue weighted by molar-refractivity contribution is 0.0792. The van der Waals surface area contributed by atoms with Crippen LogP contribution in [0.2, 0.25) is 0 Å². The molecule has 2 N–H and O–H groups in total. The molecule has 9 heteroatoms. The second-order valence-electron chi connectivity index (χ2n) is 6.90. The van der Waals surface area contributed by atoms with Crippen molar-refractivity contribution in [2.45, 2.75) is 37.3 Å². The predicted molar refractivity (Wildman–Crippen MR) is 100.0 cm³/mol. The lowest BCUT2D eigenvalue weighted by atomic mass is 9.62. The smallest absolute Gasteiger partial charge is 0.260 e. The number of hydrogen-bond donors (Lipinski definition) is 1. The molecule has 1 aliphatic carbocycles. The number of pyridine rings is 1. The molecule has 0 bridgehead atoms. The molecule has 144 valence electrons. The van der Waals surface area contributed by atoms with Gasteiger partial charge in [0.15, 0.2) is 0 Å². The molecule has 0 aliphatic heterocycles. The Balaban J connectivity index is 1.48. The van der Waals surface area contributed by atoms with Gasteiger partial charge in [0.2, 0.25) is 0 Å². The summed E-state index contributed by atoms with van der Waals surface area (Å²) in [6.45, 7) is 0. The second-order valence-corrected chi connectivity index (χ2v) is 7.93. The van der Waals surface area contributed by atoms with E-state index in [4.69, 9.17) is 5.73 Å². The fraction of sp³-hybridized carbons (Fsp3) is 0.316. The molecule has 28 heavy (non-hydrogen) atoms. The Labute approximate surface area is 163 Å². The first-order valence-corrected chi connectivity index (χ1v) is 9.60. The van der Waals surface area contributed by atoms with Crippen molar-refractivity contribution >= 4 is 17.2 Å². The van der Waals surface area contributed by atoms with E-state index >= 15 is 0 Å². The van der Waals surface area contributed by atoms with E-state index in [0.29, 0.717) is 39.8 Å². The van der Waals surface area contributed by atoms with Crippen LogP contribution in [0.3, 0.4) is 0 Å². The third kappa shape index (κ3) is 3.49. The number of hydrogen-bond acceptors (Lipinski definition) is 6. The van der Waals surface area contributed by atoms with Crippen molar-refractivity contribution in [3.05, 3.63) is 59.1 Å². The molecule has 0 spiro atoms. The number of nitrogens with zero attached hydrogens (tertiary/aromatic N) is 4. The van der Waals surface area contributed by atoms with Crippen molar-refractivity contribution < 1.29 is 13.6 Å². The molecule has 3 heterocycles. The Morgan fingerprint density at radius 2 is 1.96 bits per heavy atom. The summed E-state index contributed by atoms with van der Waals surface area (Å²) in [5.41, 5.74) is 5.63. The highest BCUT2D eigenvalue weighted by Crippen LogP contribution is 2.48. The number of alkyl halides is 1. The van der Waals surface area contributed by atoms with Crippen LogP contribution in [-0.4, -0.2) is 32.0 Å². The van der Waals surface area contributed by atoms with Gasteiger partial charge in [-0.3, -0.25) is 9.78 Å². The summed E-state index contributed by atoms with van der Waals surface area (Å²) in [6, 6.07) is 2.89. The molecular weight excluding hydrogens is 384 g/mol. The van der Waals surface area contributed by atoms with E-state index in [9.17, 15) is 13.6 Å². The van der Waals surface area contributed by atoms with E-state index < -0.39 is 23.3 Å². The van der Waals surface area contributed by atoms with Crippen LogP contribution >= 0.6 is 11.3 Å². The van der Waals surface area contributed by atoms with Crippen LogP contribution in [0.5, 0.6) is 0 Å². The number of rotatable bonds is 6. The van der Waals surface area contributed by atoms with Gasteiger partial charge in [-0.1, -0.05) is 0 Å². The van der Waals surface area contributed by atoms with E-state index in [1.807, 2.05) is 0 Å². The Morgan fingerprint density at radius 1 is 1.21 bits per heavy atom. The average Bonchev–Trinajstić information content (AvgIpc) is 3.16. The number of nitrogens with two attached hydrogens (primary N) is 1. The van der Waals surface area contributed by atoms with Gasteiger partial charge in [-0.05, 0) is 31.4 Å². The molecule has 0 radical (unpaired) electrons. The highest BCUT2D eigenvalue weighted by molar-refractivity contribution is 7.16. The maximum atomic E-state index is 14.2. The molecule has 1 aliphatic rings. The fourth-order valence-corrected chi connectivity index (χ4v) is 4.29. The van der Waals surface area contributed by atoms with Crippen LogP contribution in [0.4, 0.5) is 8.78 Å². The molecule has 3 aromatic heterocycles. The van der Waals surface area contributed by atoms with Crippen LogP contribution in [0.1, 0.15) is 40.5 Å². The van der Waals surface area contributed by atoms with Crippen molar-refractivity contribution in [1.29, 1.82) is 0 Å². The first-order valence-electron chi connectivity index (χ1n) is 8.79. The number of carbonyl (C=O) groups is 1. The minimum atomic E-state index is -0.936. The van der Waals surface area contributed by atoms with E-state index in [1.165, 1.54) is 35.9 Å². The second kappa shape index (κ2) is 7.31. The van der Waals surface area contributed by atoms with E-state index in [1.54, 1.807) is 12.4 Å². The number of aromatic nitrogens is 4. The lowest BCUT2D eigenvalue weighted by Gasteiger charge is -2.44. The predicted octanol–water partition coefficient (Wildman–Crippen LogP) is 3.24. The summed E-state index contributed by atoms with van der Waals surface area (Å²) in [7, 11) is 0. The molecule has 1 amide bonds. The number of amides is 1. The largest absolute Gasteiger partial charge is 0.365 e. The average molecular weight is 401 g/mol. The van der Waals surface area contributed by atoms with Crippen molar-refractivity contribution in [2.24, 2.45) is 5.73 Å². The zero-order valence-electron chi connectivity index (χ0n) is 14.8. The Morgan fingerprint density at radius 3 is 2.57 bits per heavy atom. The zero-order valence-corrected chi connectivity index (χ0v) is 15.6.